The summed E-state index contributed by atoms with van der Waals surface area (Å²) in [6, 6.07) is 54.2. The molecule has 42 heavy (non-hydrogen) atoms. The summed E-state index contributed by atoms with van der Waals surface area (Å²) in [5.41, 5.74) is 11.3. The highest BCUT2D eigenvalue weighted by atomic mass is 15.1. The first-order valence-electron chi connectivity index (χ1n) is 14.3. The lowest BCUT2D eigenvalue weighted by atomic mass is 10.1. The topological polar surface area (TPSA) is 22.8 Å². The maximum Gasteiger partial charge on any atom is 0.0972 e. The summed E-state index contributed by atoms with van der Waals surface area (Å²) in [5, 5.41) is 4.75. The molecule has 6 aromatic carbocycles. The van der Waals surface area contributed by atoms with Crippen LogP contribution in [-0.4, -0.2) is 14.1 Å². The number of hydrogen-bond acceptors (Lipinski definition) is 1. The van der Waals surface area contributed by atoms with Crippen molar-refractivity contribution in [2.24, 2.45) is 0 Å². The van der Waals surface area contributed by atoms with Crippen LogP contribution in [0.4, 0.5) is 0 Å². The lowest BCUT2D eigenvalue weighted by Crippen LogP contribution is -1.99. The van der Waals surface area contributed by atoms with E-state index in [9.17, 15) is 0 Å². The Bertz CT molecular complexity index is 2450. The van der Waals surface area contributed by atoms with Crippen molar-refractivity contribution >= 4 is 54.6 Å². The molecule has 3 heteroatoms. The Kier molecular flexibility index (Phi) is 4.90. The fourth-order valence-corrected chi connectivity index (χ4v) is 6.62. The van der Waals surface area contributed by atoms with Gasteiger partial charge in [-0.3, -0.25) is 0 Å². The first-order chi connectivity index (χ1) is 20.8. The van der Waals surface area contributed by atoms with Crippen molar-refractivity contribution in [1.29, 1.82) is 0 Å². The molecule has 196 valence electrons. The normalized spacial score (nSPS) is 11.8. The van der Waals surface area contributed by atoms with Crippen molar-refractivity contribution in [1.82, 2.24) is 14.1 Å². The quantitative estimate of drug-likeness (QED) is 0.221. The van der Waals surface area contributed by atoms with E-state index in [1.54, 1.807) is 0 Å². The summed E-state index contributed by atoms with van der Waals surface area (Å²) in [5.74, 6) is 0. The van der Waals surface area contributed by atoms with Gasteiger partial charge in [-0.15, -0.1) is 0 Å². The van der Waals surface area contributed by atoms with Gasteiger partial charge in [-0.1, -0.05) is 103 Å². The molecule has 0 spiro atoms. The zero-order valence-electron chi connectivity index (χ0n) is 22.8. The van der Waals surface area contributed by atoms with Gasteiger partial charge >= 0.3 is 0 Å². The Morgan fingerprint density at radius 1 is 0.405 bits per heavy atom. The second kappa shape index (κ2) is 8.92. The molecule has 0 amide bonds. The van der Waals surface area contributed by atoms with E-state index >= 15 is 0 Å². The zero-order chi connectivity index (χ0) is 27.6. The first-order valence-corrected chi connectivity index (χ1v) is 14.3. The molecule has 0 fully saturated rings. The van der Waals surface area contributed by atoms with Crippen LogP contribution in [0.3, 0.4) is 0 Å². The molecule has 9 rings (SSSR count). The van der Waals surface area contributed by atoms with E-state index < -0.39 is 0 Å². The number of nitrogens with zero attached hydrogens (tertiary/aromatic N) is 3. The molecule has 0 aliphatic carbocycles. The number of benzene rings is 6. The van der Waals surface area contributed by atoms with Crippen LogP contribution in [-0.2, 0) is 0 Å². The average Bonchev–Trinajstić information content (AvgIpc) is 3.57. The number of para-hydroxylation sites is 3. The third kappa shape index (κ3) is 3.31. The fraction of sp³-hybridized carbons (Fsp3) is 0. The highest BCUT2D eigenvalue weighted by molar-refractivity contribution is 6.23. The summed E-state index contributed by atoms with van der Waals surface area (Å²) >= 11 is 0. The Hall–Kier alpha value is -5.67. The van der Waals surface area contributed by atoms with Gasteiger partial charge in [-0.25, -0.2) is 4.98 Å². The predicted octanol–water partition coefficient (Wildman–Crippen LogP) is 10.1. The minimum atomic E-state index is 1.01. The monoisotopic (exact) mass is 535 g/mol. The maximum atomic E-state index is 5.24. The van der Waals surface area contributed by atoms with Crippen molar-refractivity contribution < 1.29 is 0 Å². The van der Waals surface area contributed by atoms with Crippen LogP contribution in [0.2, 0.25) is 0 Å². The van der Waals surface area contributed by atoms with Gasteiger partial charge in [0.25, 0.3) is 0 Å². The summed E-state index contributed by atoms with van der Waals surface area (Å²) in [4.78, 5) is 5.24. The van der Waals surface area contributed by atoms with E-state index in [0.717, 1.165) is 44.2 Å². The summed E-state index contributed by atoms with van der Waals surface area (Å²) < 4.78 is 4.85. The third-order valence-corrected chi connectivity index (χ3v) is 8.46. The zero-order valence-corrected chi connectivity index (χ0v) is 22.8. The SMILES string of the molecule is c1ccc(-c2cccc(-n3c4ccccc4c4ccc5c6nc7ccccc7cc6n(-c6ccccc6)c5c43)c2)cc1. The molecule has 3 heterocycles. The lowest BCUT2D eigenvalue weighted by molar-refractivity contribution is 1.15. The van der Waals surface area contributed by atoms with E-state index in [-0.39, 0.29) is 0 Å². The van der Waals surface area contributed by atoms with Crippen molar-refractivity contribution in [2.75, 3.05) is 0 Å². The fourth-order valence-electron chi connectivity index (χ4n) is 6.62. The van der Waals surface area contributed by atoms with Crippen molar-refractivity contribution in [3.05, 3.63) is 152 Å². The second-order valence-electron chi connectivity index (χ2n) is 10.8. The molecule has 3 nitrogen and oxygen atoms in total. The van der Waals surface area contributed by atoms with Gasteiger partial charge in [0.2, 0.25) is 0 Å². The second-order valence-corrected chi connectivity index (χ2v) is 10.8. The molecular weight excluding hydrogens is 510 g/mol. The van der Waals surface area contributed by atoms with E-state index in [1.165, 1.54) is 32.9 Å². The summed E-state index contributed by atoms with van der Waals surface area (Å²) in [7, 11) is 0. The minimum absolute atomic E-state index is 1.01. The van der Waals surface area contributed by atoms with Crippen molar-refractivity contribution in [3.8, 4) is 22.5 Å². The number of fused-ring (bicyclic) bond motifs is 8. The van der Waals surface area contributed by atoms with Gasteiger partial charge in [-0.2, -0.15) is 0 Å². The van der Waals surface area contributed by atoms with Gasteiger partial charge in [0, 0.05) is 32.9 Å². The summed E-state index contributed by atoms with van der Waals surface area (Å²) in [6.45, 7) is 0. The molecule has 0 atom stereocenters. The Balaban J connectivity index is 1.49. The van der Waals surface area contributed by atoms with Gasteiger partial charge in [0.1, 0.15) is 0 Å². The molecule has 9 aromatic rings. The molecule has 0 radical (unpaired) electrons. The third-order valence-electron chi connectivity index (χ3n) is 8.46. The van der Waals surface area contributed by atoms with Crippen LogP contribution in [0.15, 0.2) is 152 Å². The smallest absolute Gasteiger partial charge is 0.0972 e. The minimum Gasteiger partial charge on any atom is -0.307 e. The van der Waals surface area contributed by atoms with Crippen LogP contribution >= 0.6 is 0 Å². The standard InChI is InChI=1S/C39H25N3/c1-3-12-26(13-4-1)27-15-11-18-30(24-27)42-35-21-10-8-19-31(35)32-22-23-33-37-36(25-28-14-7-9-20-34(28)40-37)41(39(33)38(32)42)29-16-5-2-6-17-29/h1-25H. The van der Waals surface area contributed by atoms with Gasteiger partial charge < -0.3 is 9.13 Å². The predicted molar refractivity (Wildman–Crippen MR) is 176 cm³/mol. The largest absolute Gasteiger partial charge is 0.307 e. The molecule has 0 aliphatic rings. The summed E-state index contributed by atoms with van der Waals surface area (Å²) in [6.07, 6.45) is 0. The number of aromatic nitrogens is 3. The van der Waals surface area contributed by atoms with E-state index in [0.29, 0.717) is 0 Å². The molecule has 0 saturated carbocycles. The molecule has 0 N–H and O–H groups in total. The molecule has 0 aliphatic heterocycles. The van der Waals surface area contributed by atoms with Gasteiger partial charge in [0.15, 0.2) is 0 Å². The van der Waals surface area contributed by atoms with Crippen molar-refractivity contribution in [3.63, 3.8) is 0 Å². The van der Waals surface area contributed by atoms with Crippen molar-refractivity contribution in [2.45, 2.75) is 0 Å². The van der Waals surface area contributed by atoms with Gasteiger partial charge in [0.05, 0.1) is 33.1 Å². The highest BCUT2D eigenvalue weighted by Gasteiger charge is 2.22. The number of hydrogen-bond donors (Lipinski definition) is 0. The molecule has 0 unspecified atom stereocenters. The Morgan fingerprint density at radius 2 is 1.05 bits per heavy atom. The van der Waals surface area contributed by atoms with E-state index in [4.69, 9.17) is 4.98 Å². The van der Waals surface area contributed by atoms with E-state index in [2.05, 4.69) is 161 Å². The lowest BCUT2D eigenvalue weighted by Gasteiger charge is -2.13. The van der Waals surface area contributed by atoms with Crippen LogP contribution in [0.5, 0.6) is 0 Å². The van der Waals surface area contributed by atoms with Crippen LogP contribution in [0.1, 0.15) is 0 Å². The molecule has 0 saturated heterocycles. The Morgan fingerprint density at radius 3 is 1.93 bits per heavy atom. The Labute approximate surface area is 242 Å². The molecular formula is C39H25N3. The van der Waals surface area contributed by atoms with Gasteiger partial charge in [-0.05, 0) is 59.7 Å². The van der Waals surface area contributed by atoms with Crippen LogP contribution < -0.4 is 0 Å². The maximum absolute atomic E-state index is 5.24. The van der Waals surface area contributed by atoms with E-state index in [1.807, 2.05) is 0 Å². The number of rotatable bonds is 3. The average molecular weight is 536 g/mol. The van der Waals surface area contributed by atoms with Crippen LogP contribution in [0, 0.1) is 0 Å². The number of pyridine rings is 1. The molecule has 0 bridgehead atoms. The highest BCUT2D eigenvalue weighted by Crippen LogP contribution is 2.42. The molecule has 3 aromatic heterocycles. The van der Waals surface area contributed by atoms with Crippen LogP contribution in [0.25, 0.3) is 77.1 Å². The first kappa shape index (κ1) is 23.1.